The second kappa shape index (κ2) is 4.56. The van der Waals surface area contributed by atoms with Crippen molar-refractivity contribution in [3.63, 3.8) is 0 Å². The van der Waals surface area contributed by atoms with Gasteiger partial charge in [-0.1, -0.05) is 19.2 Å². The standard InChI is InChI=1S/C8H12N2/c1-5-6-8(9-4)10-7(2)3/h5-6,10H,1-2,4H2,3H3/b8-6+. The van der Waals surface area contributed by atoms with E-state index in [1.54, 1.807) is 12.2 Å². The van der Waals surface area contributed by atoms with Gasteiger partial charge in [0.2, 0.25) is 0 Å². The van der Waals surface area contributed by atoms with E-state index in [2.05, 4.69) is 30.2 Å². The molecule has 2 heteroatoms. The molecule has 0 saturated carbocycles. The van der Waals surface area contributed by atoms with E-state index in [1.165, 1.54) is 0 Å². The maximum absolute atomic E-state index is 3.69. The Kier molecular flexibility index (Phi) is 3.96. The molecule has 10 heavy (non-hydrogen) atoms. The van der Waals surface area contributed by atoms with Crippen LogP contribution in [0.4, 0.5) is 0 Å². The zero-order valence-electron chi connectivity index (χ0n) is 6.22. The lowest BCUT2D eigenvalue weighted by atomic mass is 10.5. The lowest BCUT2D eigenvalue weighted by Crippen LogP contribution is -2.06. The van der Waals surface area contributed by atoms with Crippen LogP contribution < -0.4 is 5.32 Å². The minimum absolute atomic E-state index is 0.669. The highest BCUT2D eigenvalue weighted by Gasteiger charge is 1.86. The van der Waals surface area contributed by atoms with Gasteiger partial charge in [-0.25, -0.2) is 4.99 Å². The highest BCUT2D eigenvalue weighted by Crippen LogP contribution is 1.93. The van der Waals surface area contributed by atoms with Crippen LogP contribution in [-0.4, -0.2) is 6.72 Å². The molecular formula is C8H12N2. The molecule has 0 heterocycles. The number of aliphatic imine (C=N–C) groups is 1. The van der Waals surface area contributed by atoms with E-state index < -0.39 is 0 Å². The van der Waals surface area contributed by atoms with Crippen molar-refractivity contribution in [1.29, 1.82) is 0 Å². The van der Waals surface area contributed by atoms with Crippen LogP contribution in [0.15, 0.2) is 41.8 Å². The molecule has 0 aliphatic heterocycles. The Morgan fingerprint density at radius 3 is 2.50 bits per heavy atom. The second-order valence-corrected chi connectivity index (χ2v) is 1.85. The van der Waals surface area contributed by atoms with Gasteiger partial charge < -0.3 is 5.32 Å². The summed E-state index contributed by atoms with van der Waals surface area (Å²) in [6.07, 6.45) is 3.36. The number of allylic oxidation sites excluding steroid dienone is 3. The highest BCUT2D eigenvalue weighted by atomic mass is 15.0. The summed E-state index contributed by atoms with van der Waals surface area (Å²) in [5.74, 6) is 0.669. The maximum atomic E-state index is 3.69. The largest absolute Gasteiger partial charge is 0.345 e. The molecule has 0 aliphatic rings. The van der Waals surface area contributed by atoms with Crippen molar-refractivity contribution in [2.75, 3.05) is 0 Å². The van der Waals surface area contributed by atoms with E-state index in [0.29, 0.717) is 5.82 Å². The molecule has 0 rings (SSSR count). The van der Waals surface area contributed by atoms with Crippen molar-refractivity contribution < 1.29 is 0 Å². The first-order valence-electron chi connectivity index (χ1n) is 2.92. The van der Waals surface area contributed by atoms with E-state index in [1.807, 2.05) is 6.92 Å². The third-order valence-electron chi connectivity index (χ3n) is 0.788. The van der Waals surface area contributed by atoms with Crippen LogP contribution in [0.5, 0.6) is 0 Å². The maximum Gasteiger partial charge on any atom is 0.129 e. The van der Waals surface area contributed by atoms with Gasteiger partial charge in [0.05, 0.1) is 0 Å². The Morgan fingerprint density at radius 1 is 1.60 bits per heavy atom. The van der Waals surface area contributed by atoms with E-state index >= 15 is 0 Å². The van der Waals surface area contributed by atoms with Crippen LogP contribution in [0.3, 0.4) is 0 Å². The molecule has 0 aliphatic carbocycles. The summed E-state index contributed by atoms with van der Waals surface area (Å²) in [7, 11) is 0. The van der Waals surface area contributed by atoms with Crippen LogP contribution in [-0.2, 0) is 0 Å². The summed E-state index contributed by atoms with van der Waals surface area (Å²) in [5, 5.41) is 2.90. The van der Waals surface area contributed by atoms with Gasteiger partial charge in [0.25, 0.3) is 0 Å². The SMILES string of the molecule is C=C/C=C(\N=C)NC(=C)C. The summed E-state index contributed by atoms with van der Waals surface area (Å²) in [5.41, 5.74) is 0.834. The fourth-order valence-electron chi connectivity index (χ4n) is 0.464. The minimum Gasteiger partial charge on any atom is -0.345 e. The third-order valence-corrected chi connectivity index (χ3v) is 0.788. The molecule has 0 atom stereocenters. The van der Waals surface area contributed by atoms with E-state index in [-0.39, 0.29) is 0 Å². The Balaban J connectivity index is 4.08. The molecule has 0 spiro atoms. The monoisotopic (exact) mass is 136 g/mol. The number of nitrogens with one attached hydrogen (secondary N) is 1. The summed E-state index contributed by atoms with van der Waals surface area (Å²) >= 11 is 0. The summed E-state index contributed by atoms with van der Waals surface area (Å²) in [6.45, 7) is 12.4. The summed E-state index contributed by atoms with van der Waals surface area (Å²) in [6, 6.07) is 0. The first-order valence-corrected chi connectivity index (χ1v) is 2.92. The van der Waals surface area contributed by atoms with Gasteiger partial charge in [0.1, 0.15) is 5.82 Å². The van der Waals surface area contributed by atoms with E-state index in [4.69, 9.17) is 0 Å². The van der Waals surface area contributed by atoms with Gasteiger partial charge in [0.15, 0.2) is 0 Å². The predicted molar refractivity (Wildman–Crippen MR) is 45.8 cm³/mol. The fourth-order valence-corrected chi connectivity index (χ4v) is 0.464. The van der Waals surface area contributed by atoms with Crippen molar-refractivity contribution in [2.45, 2.75) is 6.92 Å². The molecule has 0 aromatic rings. The van der Waals surface area contributed by atoms with Gasteiger partial charge in [0, 0.05) is 5.70 Å². The molecule has 0 aromatic carbocycles. The molecule has 0 bridgehead atoms. The molecule has 0 unspecified atom stereocenters. The van der Waals surface area contributed by atoms with Crippen molar-refractivity contribution in [3.05, 3.63) is 36.8 Å². The summed E-state index contributed by atoms with van der Waals surface area (Å²) in [4.78, 5) is 3.69. The molecular weight excluding hydrogens is 124 g/mol. The van der Waals surface area contributed by atoms with E-state index in [9.17, 15) is 0 Å². The molecule has 0 radical (unpaired) electrons. The Labute approximate surface area is 61.7 Å². The topological polar surface area (TPSA) is 24.4 Å². The molecule has 2 nitrogen and oxygen atoms in total. The van der Waals surface area contributed by atoms with Crippen LogP contribution >= 0.6 is 0 Å². The summed E-state index contributed by atoms with van der Waals surface area (Å²) < 4.78 is 0. The molecule has 0 saturated heterocycles. The highest BCUT2D eigenvalue weighted by molar-refractivity contribution is 5.30. The van der Waals surface area contributed by atoms with E-state index in [0.717, 1.165) is 5.70 Å². The average molecular weight is 136 g/mol. The number of rotatable bonds is 4. The average Bonchev–Trinajstić information content (AvgIpc) is 1.86. The smallest absolute Gasteiger partial charge is 0.129 e. The van der Waals surface area contributed by atoms with Crippen LogP contribution in [0.25, 0.3) is 0 Å². The van der Waals surface area contributed by atoms with Gasteiger partial charge >= 0.3 is 0 Å². The normalized spacial score (nSPS) is 10.3. The van der Waals surface area contributed by atoms with Gasteiger partial charge in [-0.05, 0) is 19.7 Å². The van der Waals surface area contributed by atoms with Crippen LogP contribution in [0.1, 0.15) is 6.92 Å². The fraction of sp³-hybridized carbons (Fsp3) is 0.125. The van der Waals surface area contributed by atoms with Gasteiger partial charge in [-0.3, -0.25) is 0 Å². The predicted octanol–water partition coefficient (Wildman–Crippen LogP) is 1.84. The van der Waals surface area contributed by atoms with Crippen LogP contribution in [0.2, 0.25) is 0 Å². The van der Waals surface area contributed by atoms with Gasteiger partial charge in [-0.15, -0.1) is 0 Å². The molecule has 54 valence electrons. The Hall–Kier alpha value is -1.31. The third kappa shape index (κ3) is 3.66. The molecule has 0 fully saturated rings. The minimum atomic E-state index is 0.669. The number of hydrogen-bond donors (Lipinski definition) is 1. The molecule has 0 aromatic heterocycles. The zero-order valence-corrected chi connectivity index (χ0v) is 6.22. The quantitative estimate of drug-likeness (QED) is 0.463. The van der Waals surface area contributed by atoms with Crippen molar-refractivity contribution >= 4 is 6.72 Å². The second-order valence-electron chi connectivity index (χ2n) is 1.85. The lowest BCUT2D eigenvalue weighted by molar-refractivity contribution is 0.958. The Bertz CT molecular complexity index is 178. The van der Waals surface area contributed by atoms with Crippen LogP contribution in [0, 0.1) is 0 Å². The van der Waals surface area contributed by atoms with Gasteiger partial charge in [-0.2, -0.15) is 0 Å². The number of hydrogen-bond acceptors (Lipinski definition) is 2. The van der Waals surface area contributed by atoms with Crippen molar-refractivity contribution in [2.24, 2.45) is 4.99 Å². The molecule has 1 N–H and O–H groups in total. The number of nitrogens with zero attached hydrogens (tertiary/aromatic N) is 1. The van der Waals surface area contributed by atoms with Crippen molar-refractivity contribution in [3.8, 4) is 0 Å². The zero-order chi connectivity index (χ0) is 7.98. The lowest BCUT2D eigenvalue weighted by Gasteiger charge is -2.02. The first kappa shape index (κ1) is 8.69. The first-order chi connectivity index (χ1) is 4.70. The Morgan fingerprint density at radius 2 is 2.20 bits per heavy atom. The molecule has 0 amide bonds. The van der Waals surface area contributed by atoms with Crippen molar-refractivity contribution in [1.82, 2.24) is 5.32 Å².